The van der Waals surface area contributed by atoms with Gasteiger partial charge in [-0.15, -0.1) is 0 Å². The molecule has 0 radical (unpaired) electrons. The Balaban J connectivity index is 1.40. The number of nitrogens with one attached hydrogen (secondary N) is 1. The monoisotopic (exact) mass is 506 g/mol. The summed E-state index contributed by atoms with van der Waals surface area (Å²) in [6.07, 6.45) is 6.51. The first-order chi connectivity index (χ1) is 15.8. The second kappa shape index (κ2) is 10.3. The second-order valence-corrected chi connectivity index (χ2v) is 10.8. The minimum absolute atomic E-state index is 0.153. The molecule has 1 N–H and O–H groups in total. The zero-order chi connectivity index (χ0) is 23.4. The van der Waals surface area contributed by atoms with E-state index in [9.17, 15) is 13.2 Å². The molecule has 2 aromatic carbocycles. The van der Waals surface area contributed by atoms with E-state index < -0.39 is 15.9 Å². The first kappa shape index (κ1) is 23.8. The third-order valence-electron chi connectivity index (χ3n) is 5.73. The highest BCUT2D eigenvalue weighted by molar-refractivity contribution is 7.88. The van der Waals surface area contributed by atoms with Crippen molar-refractivity contribution in [3.63, 3.8) is 0 Å². The van der Waals surface area contributed by atoms with Gasteiger partial charge < -0.3 is 9.88 Å². The van der Waals surface area contributed by atoms with E-state index in [0.29, 0.717) is 41.5 Å². The number of imidazole rings is 1. The van der Waals surface area contributed by atoms with Crippen molar-refractivity contribution < 1.29 is 13.2 Å². The van der Waals surface area contributed by atoms with E-state index in [1.165, 1.54) is 10.4 Å². The average Bonchev–Trinajstić information content (AvgIpc) is 3.34. The van der Waals surface area contributed by atoms with Crippen LogP contribution in [0.3, 0.4) is 0 Å². The Morgan fingerprint density at radius 2 is 1.97 bits per heavy atom. The fourth-order valence-corrected chi connectivity index (χ4v) is 6.17. The van der Waals surface area contributed by atoms with Crippen LogP contribution in [0.25, 0.3) is 5.69 Å². The van der Waals surface area contributed by atoms with E-state index in [1.807, 2.05) is 35.0 Å². The van der Waals surface area contributed by atoms with Gasteiger partial charge in [-0.25, -0.2) is 17.7 Å². The molecule has 0 bridgehead atoms. The summed E-state index contributed by atoms with van der Waals surface area (Å²) in [5.74, 6) is -0.787. The Labute approximate surface area is 203 Å². The van der Waals surface area contributed by atoms with Crippen LogP contribution in [0.5, 0.6) is 0 Å². The summed E-state index contributed by atoms with van der Waals surface area (Å²) in [6.45, 7) is 0.889. The Kier molecular flexibility index (Phi) is 7.38. The van der Waals surface area contributed by atoms with E-state index in [0.717, 1.165) is 11.3 Å². The molecule has 1 aromatic heterocycles. The van der Waals surface area contributed by atoms with Crippen LogP contribution in [0.1, 0.15) is 24.0 Å². The van der Waals surface area contributed by atoms with Crippen LogP contribution in [0.15, 0.2) is 61.2 Å². The van der Waals surface area contributed by atoms with Gasteiger partial charge in [0, 0.05) is 42.1 Å². The highest BCUT2D eigenvalue weighted by Gasteiger charge is 2.32. The van der Waals surface area contributed by atoms with Crippen LogP contribution >= 0.6 is 23.2 Å². The van der Waals surface area contributed by atoms with Crippen LogP contribution in [0.2, 0.25) is 10.0 Å². The number of piperidine rings is 1. The van der Waals surface area contributed by atoms with Gasteiger partial charge in [0.25, 0.3) is 0 Å². The molecule has 1 amide bonds. The fourth-order valence-electron chi connectivity index (χ4n) is 3.98. The highest BCUT2D eigenvalue weighted by Crippen LogP contribution is 2.26. The fraction of sp³-hybridized carbons (Fsp3) is 0.304. The van der Waals surface area contributed by atoms with Gasteiger partial charge in [-0.05, 0) is 42.2 Å². The van der Waals surface area contributed by atoms with Gasteiger partial charge in [0.15, 0.2) is 0 Å². The number of nitrogens with zero attached hydrogens (tertiary/aromatic N) is 3. The molecule has 10 heteroatoms. The maximum absolute atomic E-state index is 13.0. The van der Waals surface area contributed by atoms with Crippen molar-refractivity contribution in [1.29, 1.82) is 0 Å². The molecule has 0 spiro atoms. The van der Waals surface area contributed by atoms with Crippen molar-refractivity contribution in [2.45, 2.75) is 25.1 Å². The van der Waals surface area contributed by atoms with Gasteiger partial charge in [-0.3, -0.25) is 4.79 Å². The summed E-state index contributed by atoms with van der Waals surface area (Å²) in [4.78, 5) is 17.0. The van der Waals surface area contributed by atoms with Crippen LogP contribution in [0, 0.1) is 5.92 Å². The van der Waals surface area contributed by atoms with E-state index >= 15 is 0 Å². The lowest BCUT2D eigenvalue weighted by molar-refractivity contribution is -0.126. The number of carbonyl (C=O) groups excluding carboxylic acids is 1. The summed E-state index contributed by atoms with van der Waals surface area (Å²) in [6, 6.07) is 12.5. The number of rotatable bonds is 7. The van der Waals surface area contributed by atoms with Crippen molar-refractivity contribution >= 4 is 39.1 Å². The number of amides is 1. The number of benzene rings is 2. The largest absolute Gasteiger partial charge is 0.352 e. The minimum Gasteiger partial charge on any atom is -0.352 e. The Hall–Kier alpha value is -2.39. The Bertz CT molecular complexity index is 1230. The smallest absolute Gasteiger partial charge is 0.224 e. The number of carbonyl (C=O) groups is 1. The lowest BCUT2D eigenvalue weighted by Crippen LogP contribution is -2.45. The molecule has 4 rings (SSSR count). The highest BCUT2D eigenvalue weighted by atomic mass is 35.5. The summed E-state index contributed by atoms with van der Waals surface area (Å²) < 4.78 is 29.3. The van der Waals surface area contributed by atoms with E-state index in [2.05, 4.69) is 10.3 Å². The lowest BCUT2D eigenvalue weighted by atomic mass is 9.98. The van der Waals surface area contributed by atoms with Gasteiger partial charge in [0.2, 0.25) is 15.9 Å². The number of para-hydroxylation sites is 1. The number of hydrogen-bond acceptors (Lipinski definition) is 4. The number of hydrogen-bond donors (Lipinski definition) is 1. The van der Waals surface area contributed by atoms with Crippen molar-refractivity contribution in [2.24, 2.45) is 5.92 Å². The summed E-state index contributed by atoms with van der Waals surface area (Å²) in [7, 11) is -3.63. The second-order valence-electron chi connectivity index (χ2n) is 8.01. The topological polar surface area (TPSA) is 84.3 Å². The summed E-state index contributed by atoms with van der Waals surface area (Å²) in [5, 5.41) is 3.74. The molecule has 33 heavy (non-hydrogen) atoms. The molecule has 1 aliphatic heterocycles. The van der Waals surface area contributed by atoms with Crippen LogP contribution in [-0.4, -0.2) is 41.3 Å². The normalized spacial score (nSPS) is 17.1. The van der Waals surface area contributed by atoms with Crippen LogP contribution in [0.4, 0.5) is 0 Å². The van der Waals surface area contributed by atoms with Crippen molar-refractivity contribution in [3.8, 4) is 5.69 Å². The number of sulfonamides is 1. The SMILES string of the molecule is O=C(NCc1ccccc1-n1ccnc1)C1CCCN(S(=O)(=O)Cc2ccc(Cl)cc2Cl)C1. The number of aromatic nitrogens is 2. The van der Waals surface area contributed by atoms with Crippen LogP contribution in [-0.2, 0) is 27.1 Å². The standard InChI is InChI=1S/C23H24Cl2N4O3S/c24-20-8-7-19(21(25)12-20)15-33(31,32)29-10-3-5-18(14-29)23(30)27-13-17-4-1-2-6-22(17)28-11-9-26-16-28/h1-2,4,6-9,11-12,16,18H,3,5,10,13-15H2,(H,27,30). The van der Waals surface area contributed by atoms with Crippen molar-refractivity contribution in [3.05, 3.63) is 82.4 Å². The Morgan fingerprint density at radius 3 is 2.73 bits per heavy atom. The molecule has 7 nitrogen and oxygen atoms in total. The molecule has 2 heterocycles. The molecule has 3 aromatic rings. The minimum atomic E-state index is -3.63. The zero-order valence-corrected chi connectivity index (χ0v) is 20.2. The molecule has 0 saturated carbocycles. The molecular weight excluding hydrogens is 483 g/mol. The van der Waals surface area contributed by atoms with E-state index in [1.54, 1.807) is 24.7 Å². The van der Waals surface area contributed by atoms with Crippen LogP contribution < -0.4 is 5.32 Å². The molecule has 174 valence electrons. The van der Waals surface area contributed by atoms with Crippen molar-refractivity contribution in [1.82, 2.24) is 19.2 Å². The molecule has 1 unspecified atom stereocenters. The van der Waals surface area contributed by atoms with Gasteiger partial charge in [0.1, 0.15) is 0 Å². The van der Waals surface area contributed by atoms with E-state index in [-0.39, 0.29) is 18.2 Å². The van der Waals surface area contributed by atoms with E-state index in [4.69, 9.17) is 23.2 Å². The van der Waals surface area contributed by atoms with Gasteiger partial charge >= 0.3 is 0 Å². The molecule has 1 saturated heterocycles. The van der Waals surface area contributed by atoms with Gasteiger partial charge in [-0.1, -0.05) is 47.5 Å². The lowest BCUT2D eigenvalue weighted by Gasteiger charge is -2.31. The Morgan fingerprint density at radius 1 is 1.15 bits per heavy atom. The number of halogens is 2. The predicted octanol–water partition coefficient (Wildman–Crippen LogP) is 4.04. The van der Waals surface area contributed by atoms with Gasteiger partial charge in [-0.2, -0.15) is 0 Å². The third kappa shape index (κ3) is 5.76. The quantitative estimate of drug-likeness (QED) is 0.523. The maximum Gasteiger partial charge on any atom is 0.224 e. The van der Waals surface area contributed by atoms with Crippen molar-refractivity contribution in [2.75, 3.05) is 13.1 Å². The molecule has 0 aliphatic carbocycles. The average molecular weight is 507 g/mol. The molecule has 1 aliphatic rings. The maximum atomic E-state index is 13.0. The third-order valence-corrected chi connectivity index (χ3v) is 8.11. The van der Waals surface area contributed by atoms with Gasteiger partial charge in [0.05, 0.1) is 23.7 Å². The zero-order valence-electron chi connectivity index (χ0n) is 17.8. The first-order valence-corrected chi connectivity index (χ1v) is 13.0. The summed E-state index contributed by atoms with van der Waals surface area (Å²) in [5.41, 5.74) is 2.37. The summed E-state index contributed by atoms with van der Waals surface area (Å²) >= 11 is 12.1. The molecular formula is C23H24Cl2N4O3S. The predicted molar refractivity (Wildman–Crippen MR) is 129 cm³/mol. The molecule has 1 atom stereocenters. The first-order valence-electron chi connectivity index (χ1n) is 10.6. The molecule has 1 fully saturated rings.